The van der Waals surface area contributed by atoms with Crippen LogP contribution >= 0.6 is 0 Å². The Labute approximate surface area is 167 Å². The van der Waals surface area contributed by atoms with Crippen LogP contribution in [0.4, 0.5) is 8.78 Å². The van der Waals surface area contributed by atoms with Crippen LogP contribution in [-0.2, 0) is 9.59 Å². The Bertz CT molecular complexity index is 880. The molecule has 5 nitrogen and oxygen atoms in total. The van der Waals surface area contributed by atoms with Gasteiger partial charge in [0, 0.05) is 16.7 Å². The second kappa shape index (κ2) is 5.93. The van der Waals surface area contributed by atoms with Gasteiger partial charge in [-0.25, -0.2) is 8.78 Å². The van der Waals surface area contributed by atoms with Crippen molar-refractivity contribution in [2.45, 2.75) is 56.7 Å². The Balaban J connectivity index is 1.88. The van der Waals surface area contributed by atoms with E-state index < -0.39 is 64.4 Å². The molecule has 29 heavy (non-hydrogen) atoms. The standard InChI is InChI=1S/C22H26F2O5/c1-11-6-13-14-8-16(23)15-7-12(26)4-5-19(15,2)21(14,24)17(27)9-20(13,3)22(11,29)18(28)10-25/h4-5,7,13-14,16-17,25,27,29H,1,6,8-10H2,2-3H3/t13-,14-,16-,17-,19-,20-,21-,22-/m0/s1. The van der Waals surface area contributed by atoms with Crippen LogP contribution in [0, 0.1) is 22.7 Å². The second-order valence-corrected chi connectivity index (χ2v) is 9.46. The highest BCUT2D eigenvalue weighted by atomic mass is 19.1. The maximum absolute atomic E-state index is 16.8. The minimum Gasteiger partial charge on any atom is -0.390 e. The van der Waals surface area contributed by atoms with Crippen LogP contribution < -0.4 is 0 Å². The Hall–Kier alpha value is -1.70. The fourth-order valence-electron chi connectivity index (χ4n) is 6.79. The zero-order valence-corrected chi connectivity index (χ0v) is 16.5. The van der Waals surface area contributed by atoms with Gasteiger partial charge in [0.2, 0.25) is 0 Å². The first-order valence-corrected chi connectivity index (χ1v) is 9.89. The molecule has 3 saturated carbocycles. The maximum atomic E-state index is 16.8. The Morgan fingerprint density at radius 1 is 1.34 bits per heavy atom. The number of allylic oxidation sites excluding steroid dienone is 4. The van der Waals surface area contributed by atoms with E-state index in [2.05, 4.69) is 6.58 Å². The zero-order chi connectivity index (χ0) is 21.6. The molecule has 0 amide bonds. The monoisotopic (exact) mass is 408 g/mol. The normalized spacial score (nSPS) is 51.2. The number of Topliss-reactive ketones (excluding diaryl/α,β-unsaturated/α-hetero) is 1. The smallest absolute Gasteiger partial charge is 0.194 e. The van der Waals surface area contributed by atoms with Crippen molar-refractivity contribution in [2.75, 3.05) is 6.61 Å². The van der Waals surface area contributed by atoms with E-state index in [-0.39, 0.29) is 30.4 Å². The molecule has 3 N–H and O–H groups in total. The van der Waals surface area contributed by atoms with Crippen LogP contribution in [0.15, 0.2) is 36.0 Å². The van der Waals surface area contributed by atoms with Crippen LogP contribution in [0.25, 0.3) is 0 Å². The molecule has 3 fully saturated rings. The van der Waals surface area contributed by atoms with Gasteiger partial charge in [-0.05, 0) is 55.4 Å². The second-order valence-electron chi connectivity index (χ2n) is 9.46. The first kappa shape index (κ1) is 20.6. The summed E-state index contributed by atoms with van der Waals surface area (Å²) in [7, 11) is 0. The molecule has 0 unspecified atom stereocenters. The maximum Gasteiger partial charge on any atom is 0.194 e. The summed E-state index contributed by atoms with van der Waals surface area (Å²) in [5, 5.41) is 31.7. The molecule has 4 rings (SSSR count). The zero-order valence-electron chi connectivity index (χ0n) is 16.5. The van der Waals surface area contributed by atoms with Gasteiger partial charge in [-0.3, -0.25) is 9.59 Å². The van der Waals surface area contributed by atoms with Crippen LogP contribution in [-0.4, -0.2) is 57.0 Å². The predicted octanol–water partition coefficient (Wildman–Crippen LogP) is 1.76. The number of ketones is 2. The highest BCUT2D eigenvalue weighted by Crippen LogP contribution is 2.70. The van der Waals surface area contributed by atoms with Crippen LogP contribution in [0.5, 0.6) is 0 Å². The topological polar surface area (TPSA) is 94.8 Å². The molecule has 0 aromatic heterocycles. The van der Waals surface area contributed by atoms with Gasteiger partial charge in [0.05, 0.1) is 6.10 Å². The molecule has 0 aliphatic heterocycles. The van der Waals surface area contributed by atoms with Crippen LogP contribution in [0.2, 0.25) is 0 Å². The van der Waals surface area contributed by atoms with Crippen molar-refractivity contribution >= 4 is 11.6 Å². The number of hydrogen-bond acceptors (Lipinski definition) is 5. The molecule has 0 aromatic carbocycles. The third-order valence-corrected chi connectivity index (χ3v) is 8.37. The molecule has 0 saturated heterocycles. The third kappa shape index (κ3) is 2.13. The molecule has 0 spiro atoms. The van der Waals surface area contributed by atoms with Crippen molar-refractivity contribution in [2.24, 2.45) is 22.7 Å². The first-order chi connectivity index (χ1) is 13.4. The van der Waals surface area contributed by atoms with E-state index in [0.29, 0.717) is 0 Å². The van der Waals surface area contributed by atoms with E-state index in [1.165, 1.54) is 19.1 Å². The Kier molecular flexibility index (Phi) is 4.20. The number of carbonyl (C=O) groups excluding carboxylic acids is 2. The van der Waals surface area contributed by atoms with Gasteiger partial charge in [-0.1, -0.05) is 19.6 Å². The lowest BCUT2D eigenvalue weighted by molar-refractivity contribution is -0.220. The number of aliphatic hydroxyl groups is 3. The lowest BCUT2D eigenvalue weighted by Crippen LogP contribution is -2.70. The summed E-state index contributed by atoms with van der Waals surface area (Å²) in [6.45, 7) is 5.96. The van der Waals surface area contributed by atoms with Crippen molar-refractivity contribution in [3.8, 4) is 0 Å². The van der Waals surface area contributed by atoms with E-state index in [1.807, 2.05) is 0 Å². The molecule has 4 aliphatic rings. The minimum atomic E-state index is -2.28. The number of rotatable bonds is 2. The van der Waals surface area contributed by atoms with Gasteiger partial charge in [0.1, 0.15) is 12.8 Å². The van der Waals surface area contributed by atoms with Gasteiger partial charge in [0.25, 0.3) is 0 Å². The number of hydrogen-bond donors (Lipinski definition) is 3. The molecular weight excluding hydrogens is 382 g/mol. The fraction of sp³-hybridized carbons (Fsp3) is 0.636. The van der Waals surface area contributed by atoms with Gasteiger partial charge in [-0.2, -0.15) is 0 Å². The quantitative estimate of drug-likeness (QED) is 0.606. The molecule has 4 aliphatic carbocycles. The largest absolute Gasteiger partial charge is 0.390 e. The Morgan fingerprint density at radius 2 is 2.00 bits per heavy atom. The van der Waals surface area contributed by atoms with E-state index >= 15 is 8.78 Å². The molecular formula is C22H26F2O5. The number of alkyl halides is 2. The van der Waals surface area contributed by atoms with Gasteiger partial charge >= 0.3 is 0 Å². The summed E-state index contributed by atoms with van der Waals surface area (Å²) in [5.41, 5.74) is -7.05. The van der Waals surface area contributed by atoms with E-state index in [0.717, 1.165) is 6.08 Å². The first-order valence-electron chi connectivity index (χ1n) is 9.89. The lowest BCUT2D eigenvalue weighted by atomic mass is 9.44. The number of halogens is 2. The summed E-state index contributed by atoms with van der Waals surface area (Å²) in [5.74, 6) is -2.95. The fourth-order valence-corrected chi connectivity index (χ4v) is 6.79. The Morgan fingerprint density at radius 3 is 2.62 bits per heavy atom. The highest BCUT2D eigenvalue weighted by molar-refractivity contribution is 6.01. The molecule has 8 atom stereocenters. The third-order valence-electron chi connectivity index (χ3n) is 8.37. The number of aliphatic hydroxyl groups excluding tert-OH is 2. The van der Waals surface area contributed by atoms with Crippen LogP contribution in [0.1, 0.15) is 33.1 Å². The molecule has 0 heterocycles. The van der Waals surface area contributed by atoms with Gasteiger partial charge in [0.15, 0.2) is 22.8 Å². The van der Waals surface area contributed by atoms with Gasteiger partial charge in [-0.15, -0.1) is 0 Å². The van der Waals surface area contributed by atoms with E-state index in [4.69, 9.17) is 0 Å². The molecule has 158 valence electrons. The highest BCUT2D eigenvalue weighted by Gasteiger charge is 2.76. The van der Waals surface area contributed by atoms with Crippen molar-refractivity contribution in [1.82, 2.24) is 0 Å². The minimum absolute atomic E-state index is 0.0184. The average Bonchev–Trinajstić information content (AvgIpc) is 2.86. The number of carbonyl (C=O) groups is 2. The summed E-state index contributed by atoms with van der Waals surface area (Å²) < 4.78 is 32.0. The number of fused-ring (bicyclic) bond motifs is 5. The SMILES string of the molecule is C=C1C[C@H]2[C@@H]3C[C@H](F)C4=CC(=O)C=C[C@]4(C)[C@@]3(F)[C@@H](O)C[C@]2(C)[C@@]1(O)C(=O)CO. The van der Waals surface area contributed by atoms with Crippen molar-refractivity contribution in [3.05, 3.63) is 36.0 Å². The van der Waals surface area contributed by atoms with Crippen molar-refractivity contribution in [3.63, 3.8) is 0 Å². The van der Waals surface area contributed by atoms with E-state index in [9.17, 15) is 24.9 Å². The summed E-state index contributed by atoms with van der Waals surface area (Å²) in [6, 6.07) is 0. The predicted molar refractivity (Wildman–Crippen MR) is 100 cm³/mol. The van der Waals surface area contributed by atoms with Gasteiger partial charge < -0.3 is 15.3 Å². The summed E-state index contributed by atoms with van der Waals surface area (Å²) >= 11 is 0. The molecule has 0 bridgehead atoms. The molecule has 0 aromatic rings. The molecule has 0 radical (unpaired) electrons. The van der Waals surface area contributed by atoms with E-state index in [1.54, 1.807) is 6.92 Å². The summed E-state index contributed by atoms with van der Waals surface area (Å²) in [6.07, 6.45) is 0.00254. The van der Waals surface area contributed by atoms with Crippen molar-refractivity contribution in [1.29, 1.82) is 0 Å². The summed E-state index contributed by atoms with van der Waals surface area (Å²) in [4.78, 5) is 24.3. The average molecular weight is 408 g/mol. The lowest BCUT2D eigenvalue weighted by Gasteiger charge is -2.62. The molecule has 7 heteroatoms. The van der Waals surface area contributed by atoms with Crippen LogP contribution in [0.3, 0.4) is 0 Å². The van der Waals surface area contributed by atoms with Crippen molar-refractivity contribution < 1.29 is 33.7 Å².